The zero-order valence-corrected chi connectivity index (χ0v) is 21.9. The Hall–Kier alpha value is -3.62. The molecule has 4 amide bonds. The number of barbiturate groups is 1. The Bertz CT molecular complexity index is 1370. The number of benzene rings is 3. The quantitative estimate of drug-likeness (QED) is 0.276. The van der Waals surface area contributed by atoms with Gasteiger partial charge in [0.25, 0.3) is 11.8 Å². The maximum atomic E-state index is 13.2. The summed E-state index contributed by atoms with van der Waals surface area (Å²) in [6.07, 6.45) is 1.37. The zero-order chi connectivity index (χ0) is 25.8. The average Bonchev–Trinajstić information content (AvgIpc) is 2.82. The van der Waals surface area contributed by atoms with Crippen molar-refractivity contribution in [3.63, 3.8) is 0 Å². The maximum absolute atomic E-state index is 13.2. The Kier molecular flexibility index (Phi) is 7.76. The number of urea groups is 1. The predicted octanol–water partition coefficient (Wildman–Crippen LogP) is 6.06. The second-order valence-electron chi connectivity index (χ2n) is 7.97. The first-order valence-corrected chi connectivity index (χ1v) is 12.3. The van der Waals surface area contributed by atoms with Crippen LogP contribution in [-0.2, 0) is 16.2 Å². The number of hydrogen-bond acceptors (Lipinski definition) is 5. The van der Waals surface area contributed by atoms with Crippen molar-refractivity contribution in [3.05, 3.63) is 92.4 Å². The van der Waals surface area contributed by atoms with Crippen molar-refractivity contribution < 1.29 is 23.9 Å². The normalized spacial score (nSPS) is 14.7. The number of nitrogens with zero attached hydrogens (tertiary/aromatic N) is 1. The summed E-state index contributed by atoms with van der Waals surface area (Å²) in [6.45, 7) is 4.28. The van der Waals surface area contributed by atoms with Crippen molar-refractivity contribution in [1.29, 1.82) is 0 Å². The Morgan fingerprint density at radius 3 is 2.47 bits per heavy atom. The third-order valence-electron chi connectivity index (χ3n) is 5.30. The molecular weight excluding hydrogens is 548 g/mol. The van der Waals surface area contributed by atoms with E-state index in [1.54, 1.807) is 30.3 Å². The van der Waals surface area contributed by atoms with E-state index in [9.17, 15) is 14.4 Å². The van der Waals surface area contributed by atoms with E-state index in [1.807, 2.05) is 44.2 Å². The molecule has 0 aromatic heterocycles. The number of imide groups is 2. The standard InChI is InChI=1S/C27H22BrClN2O5/c1-3-35-23-14-18(13-22(29)24(23)36-15-17-7-9-19(28)10-8-17)12-21-25(32)30-27(34)31(26(21)33)20-6-4-5-16(2)11-20/h4-14H,3,15H2,1-2H3,(H,30,32,34)/b21-12+. The molecule has 7 nitrogen and oxygen atoms in total. The molecule has 9 heteroatoms. The highest BCUT2D eigenvalue weighted by molar-refractivity contribution is 9.10. The van der Waals surface area contributed by atoms with Crippen LogP contribution in [0.3, 0.4) is 0 Å². The maximum Gasteiger partial charge on any atom is 0.335 e. The number of anilines is 1. The van der Waals surface area contributed by atoms with Crippen LogP contribution in [0.5, 0.6) is 11.5 Å². The number of rotatable bonds is 7. The van der Waals surface area contributed by atoms with Crippen molar-refractivity contribution >= 4 is 57.1 Å². The Morgan fingerprint density at radius 1 is 1.03 bits per heavy atom. The molecule has 0 spiro atoms. The van der Waals surface area contributed by atoms with Gasteiger partial charge >= 0.3 is 6.03 Å². The summed E-state index contributed by atoms with van der Waals surface area (Å²) in [5.41, 5.74) is 2.39. The molecule has 1 heterocycles. The lowest BCUT2D eigenvalue weighted by atomic mass is 10.1. The first kappa shape index (κ1) is 25.5. The molecule has 1 saturated heterocycles. The van der Waals surface area contributed by atoms with Crippen LogP contribution in [0.2, 0.25) is 5.02 Å². The minimum Gasteiger partial charge on any atom is -0.490 e. The molecular formula is C27H22BrClN2O5. The highest BCUT2D eigenvalue weighted by Crippen LogP contribution is 2.38. The van der Waals surface area contributed by atoms with Gasteiger partial charge in [-0.1, -0.05) is 51.8 Å². The summed E-state index contributed by atoms with van der Waals surface area (Å²) in [4.78, 5) is 39.1. The summed E-state index contributed by atoms with van der Waals surface area (Å²) in [7, 11) is 0. The molecule has 0 atom stereocenters. The van der Waals surface area contributed by atoms with Crippen LogP contribution in [0.4, 0.5) is 10.5 Å². The van der Waals surface area contributed by atoms with E-state index in [0.717, 1.165) is 20.5 Å². The van der Waals surface area contributed by atoms with Gasteiger partial charge in [-0.05, 0) is 73.0 Å². The van der Waals surface area contributed by atoms with Gasteiger partial charge in [0.05, 0.1) is 17.3 Å². The zero-order valence-electron chi connectivity index (χ0n) is 19.5. The fourth-order valence-electron chi connectivity index (χ4n) is 3.64. The van der Waals surface area contributed by atoms with E-state index in [2.05, 4.69) is 21.2 Å². The molecule has 4 rings (SSSR count). The summed E-state index contributed by atoms with van der Waals surface area (Å²) >= 11 is 9.93. The molecule has 184 valence electrons. The summed E-state index contributed by atoms with van der Waals surface area (Å²) < 4.78 is 12.6. The highest BCUT2D eigenvalue weighted by Gasteiger charge is 2.37. The van der Waals surface area contributed by atoms with Crippen molar-refractivity contribution in [2.45, 2.75) is 20.5 Å². The van der Waals surface area contributed by atoms with Gasteiger partial charge in [-0.15, -0.1) is 0 Å². The number of carbonyl (C=O) groups excluding carboxylic acids is 3. The fraction of sp³-hybridized carbons (Fsp3) is 0.148. The second kappa shape index (κ2) is 11.0. The van der Waals surface area contributed by atoms with Gasteiger partial charge < -0.3 is 9.47 Å². The smallest absolute Gasteiger partial charge is 0.335 e. The molecule has 0 unspecified atom stereocenters. The molecule has 1 aliphatic rings. The van der Waals surface area contributed by atoms with Crippen LogP contribution in [-0.4, -0.2) is 24.5 Å². The van der Waals surface area contributed by atoms with E-state index >= 15 is 0 Å². The van der Waals surface area contributed by atoms with E-state index < -0.39 is 17.8 Å². The first-order chi connectivity index (χ1) is 17.3. The monoisotopic (exact) mass is 568 g/mol. The number of aryl methyl sites for hydroxylation is 1. The number of halogens is 2. The van der Waals surface area contributed by atoms with Crippen LogP contribution in [0.15, 0.2) is 70.7 Å². The van der Waals surface area contributed by atoms with Crippen LogP contribution < -0.4 is 19.7 Å². The molecule has 1 N–H and O–H groups in total. The summed E-state index contributed by atoms with van der Waals surface area (Å²) in [6, 6.07) is 16.9. The third kappa shape index (κ3) is 5.61. The summed E-state index contributed by atoms with van der Waals surface area (Å²) in [5.74, 6) is -0.818. The lowest BCUT2D eigenvalue weighted by molar-refractivity contribution is -0.122. The number of nitrogens with one attached hydrogen (secondary N) is 1. The molecule has 3 aromatic carbocycles. The lowest BCUT2D eigenvalue weighted by Crippen LogP contribution is -2.54. The minimum atomic E-state index is -0.808. The SMILES string of the molecule is CCOc1cc(/C=C2\C(=O)NC(=O)N(c3cccc(C)c3)C2=O)cc(Cl)c1OCc1ccc(Br)cc1. The third-order valence-corrected chi connectivity index (χ3v) is 6.11. The highest BCUT2D eigenvalue weighted by atomic mass is 79.9. The number of carbonyl (C=O) groups is 3. The van der Waals surface area contributed by atoms with Crippen molar-refractivity contribution in [3.8, 4) is 11.5 Å². The van der Waals surface area contributed by atoms with E-state index in [1.165, 1.54) is 6.08 Å². The molecule has 0 aliphatic carbocycles. The Balaban J connectivity index is 1.66. The average molecular weight is 570 g/mol. The Morgan fingerprint density at radius 2 is 1.78 bits per heavy atom. The van der Waals surface area contributed by atoms with Crippen LogP contribution >= 0.6 is 27.5 Å². The predicted molar refractivity (Wildman–Crippen MR) is 141 cm³/mol. The first-order valence-electron chi connectivity index (χ1n) is 11.1. The number of hydrogen-bond donors (Lipinski definition) is 1. The summed E-state index contributed by atoms with van der Waals surface area (Å²) in [5, 5.41) is 2.47. The second-order valence-corrected chi connectivity index (χ2v) is 9.30. The largest absolute Gasteiger partial charge is 0.490 e. The van der Waals surface area contributed by atoms with Gasteiger partial charge in [0.2, 0.25) is 0 Å². The number of ether oxygens (including phenoxy) is 2. The van der Waals surface area contributed by atoms with Gasteiger partial charge in [0, 0.05) is 4.47 Å². The van der Waals surface area contributed by atoms with Gasteiger partial charge in [-0.2, -0.15) is 0 Å². The van der Waals surface area contributed by atoms with E-state index in [0.29, 0.717) is 29.4 Å². The van der Waals surface area contributed by atoms with Gasteiger partial charge in [-0.25, -0.2) is 9.69 Å². The van der Waals surface area contributed by atoms with Gasteiger partial charge in [0.15, 0.2) is 11.5 Å². The topological polar surface area (TPSA) is 84.9 Å². The van der Waals surface area contributed by atoms with Gasteiger partial charge in [0.1, 0.15) is 12.2 Å². The molecule has 1 aliphatic heterocycles. The molecule has 1 fully saturated rings. The molecule has 0 radical (unpaired) electrons. The molecule has 3 aromatic rings. The van der Waals surface area contributed by atoms with Crippen LogP contribution in [0.1, 0.15) is 23.6 Å². The van der Waals surface area contributed by atoms with Gasteiger partial charge in [-0.3, -0.25) is 14.9 Å². The number of amides is 4. The molecule has 0 bridgehead atoms. The van der Waals surface area contributed by atoms with Crippen LogP contribution in [0, 0.1) is 6.92 Å². The Labute approximate surface area is 221 Å². The van der Waals surface area contributed by atoms with Crippen molar-refractivity contribution in [2.75, 3.05) is 11.5 Å². The van der Waals surface area contributed by atoms with E-state index in [4.69, 9.17) is 21.1 Å². The van der Waals surface area contributed by atoms with E-state index in [-0.39, 0.29) is 17.2 Å². The van der Waals surface area contributed by atoms with Crippen molar-refractivity contribution in [2.24, 2.45) is 0 Å². The molecule has 36 heavy (non-hydrogen) atoms. The fourth-order valence-corrected chi connectivity index (χ4v) is 4.17. The minimum absolute atomic E-state index is 0.210. The molecule has 0 saturated carbocycles. The lowest BCUT2D eigenvalue weighted by Gasteiger charge is -2.26. The van der Waals surface area contributed by atoms with Crippen LogP contribution in [0.25, 0.3) is 6.08 Å². The van der Waals surface area contributed by atoms with Crippen molar-refractivity contribution in [1.82, 2.24) is 5.32 Å².